The minimum absolute atomic E-state index is 0.0871. The Morgan fingerprint density at radius 2 is 1.73 bits per heavy atom. The molecule has 0 saturated carbocycles. The molecule has 0 unspecified atom stereocenters. The van der Waals surface area contributed by atoms with E-state index in [9.17, 15) is 4.79 Å². The van der Waals surface area contributed by atoms with Gasteiger partial charge in [-0.3, -0.25) is 4.79 Å². The van der Waals surface area contributed by atoms with Crippen molar-refractivity contribution in [2.45, 2.75) is 0 Å². The first-order chi connectivity index (χ1) is 10.8. The largest absolute Gasteiger partial charge is 0.497 e. The summed E-state index contributed by atoms with van der Waals surface area (Å²) >= 11 is 1.44. The molecule has 3 nitrogen and oxygen atoms in total. The number of hydrogen-bond donors (Lipinski definition) is 1. The van der Waals surface area contributed by atoms with Gasteiger partial charge in [0.05, 0.1) is 12.0 Å². The number of rotatable bonds is 4. The highest BCUT2D eigenvalue weighted by molar-refractivity contribution is 7.12. The second-order valence-electron chi connectivity index (χ2n) is 4.75. The molecule has 2 aromatic carbocycles. The number of amides is 1. The third-order valence-corrected chi connectivity index (χ3v) is 4.21. The Kier molecular flexibility index (Phi) is 4.21. The van der Waals surface area contributed by atoms with Gasteiger partial charge in [-0.2, -0.15) is 0 Å². The second-order valence-corrected chi connectivity index (χ2v) is 5.66. The zero-order valence-corrected chi connectivity index (χ0v) is 12.9. The molecule has 0 bridgehead atoms. The Labute approximate surface area is 133 Å². The molecular weight excluding hydrogens is 294 g/mol. The Morgan fingerprint density at radius 3 is 2.41 bits per heavy atom. The molecular formula is C18H15NO2S. The molecule has 0 atom stereocenters. The van der Waals surface area contributed by atoms with Gasteiger partial charge in [-0.1, -0.05) is 30.3 Å². The zero-order valence-electron chi connectivity index (χ0n) is 12.1. The summed E-state index contributed by atoms with van der Waals surface area (Å²) in [5.74, 6) is 0.733. The predicted molar refractivity (Wildman–Crippen MR) is 90.7 cm³/mol. The van der Waals surface area contributed by atoms with Gasteiger partial charge in [0, 0.05) is 5.69 Å². The lowest BCUT2D eigenvalue weighted by molar-refractivity contribution is 0.103. The van der Waals surface area contributed by atoms with Crippen LogP contribution in [0, 0.1) is 0 Å². The number of benzene rings is 2. The van der Waals surface area contributed by atoms with Crippen LogP contribution in [-0.4, -0.2) is 13.0 Å². The van der Waals surface area contributed by atoms with Gasteiger partial charge >= 0.3 is 0 Å². The van der Waals surface area contributed by atoms with Crippen molar-refractivity contribution in [3.63, 3.8) is 0 Å². The highest BCUT2D eigenvalue weighted by atomic mass is 32.1. The number of nitrogens with one attached hydrogen (secondary N) is 1. The quantitative estimate of drug-likeness (QED) is 0.760. The van der Waals surface area contributed by atoms with Crippen LogP contribution in [0.2, 0.25) is 0 Å². The van der Waals surface area contributed by atoms with E-state index in [-0.39, 0.29) is 5.91 Å². The van der Waals surface area contributed by atoms with E-state index in [1.807, 2.05) is 66.0 Å². The Morgan fingerprint density at radius 1 is 1.00 bits per heavy atom. The highest BCUT2D eigenvalue weighted by Gasteiger charge is 2.10. The normalized spacial score (nSPS) is 10.2. The van der Waals surface area contributed by atoms with E-state index in [0.29, 0.717) is 4.88 Å². The maximum atomic E-state index is 12.2. The van der Waals surface area contributed by atoms with Crippen molar-refractivity contribution in [3.05, 3.63) is 70.9 Å². The smallest absolute Gasteiger partial charge is 0.265 e. The summed E-state index contributed by atoms with van der Waals surface area (Å²) in [5.41, 5.74) is 2.90. The maximum absolute atomic E-state index is 12.2. The standard InChI is InChI=1S/C18H15NO2S/c1-21-16-9-7-13(8-10-16)14-11-17(22-12-14)18(20)19-15-5-3-2-4-6-15/h2-12H,1H3,(H,19,20). The van der Waals surface area contributed by atoms with E-state index in [0.717, 1.165) is 22.6 Å². The number of methoxy groups -OCH3 is 1. The number of para-hydroxylation sites is 1. The molecule has 1 N–H and O–H groups in total. The maximum Gasteiger partial charge on any atom is 0.265 e. The molecule has 0 radical (unpaired) electrons. The van der Waals surface area contributed by atoms with E-state index in [1.165, 1.54) is 11.3 Å². The van der Waals surface area contributed by atoms with Gasteiger partial charge in [-0.05, 0) is 46.8 Å². The third-order valence-electron chi connectivity index (χ3n) is 3.28. The molecule has 22 heavy (non-hydrogen) atoms. The first-order valence-electron chi connectivity index (χ1n) is 6.85. The van der Waals surface area contributed by atoms with Crippen molar-refractivity contribution in [2.75, 3.05) is 12.4 Å². The lowest BCUT2D eigenvalue weighted by Crippen LogP contribution is -2.09. The molecule has 0 aliphatic rings. The number of ether oxygens (including phenoxy) is 1. The van der Waals surface area contributed by atoms with Crippen LogP contribution in [0.25, 0.3) is 11.1 Å². The number of anilines is 1. The van der Waals surface area contributed by atoms with Crippen LogP contribution >= 0.6 is 11.3 Å². The second kappa shape index (κ2) is 6.45. The average Bonchev–Trinajstić information content (AvgIpc) is 3.06. The molecule has 4 heteroatoms. The minimum atomic E-state index is -0.0871. The van der Waals surface area contributed by atoms with Crippen molar-refractivity contribution in [3.8, 4) is 16.9 Å². The van der Waals surface area contributed by atoms with E-state index < -0.39 is 0 Å². The van der Waals surface area contributed by atoms with E-state index in [2.05, 4.69) is 5.32 Å². The predicted octanol–water partition coefficient (Wildman–Crippen LogP) is 4.68. The third kappa shape index (κ3) is 3.18. The molecule has 1 heterocycles. The van der Waals surface area contributed by atoms with Gasteiger partial charge in [0.2, 0.25) is 0 Å². The number of hydrogen-bond acceptors (Lipinski definition) is 3. The molecule has 3 rings (SSSR count). The number of carbonyl (C=O) groups excluding carboxylic acids is 1. The minimum Gasteiger partial charge on any atom is -0.497 e. The van der Waals surface area contributed by atoms with Crippen LogP contribution in [0.4, 0.5) is 5.69 Å². The summed E-state index contributed by atoms with van der Waals surface area (Å²) in [4.78, 5) is 12.9. The molecule has 0 aliphatic heterocycles. The fourth-order valence-corrected chi connectivity index (χ4v) is 2.92. The van der Waals surface area contributed by atoms with Crippen LogP contribution in [0.5, 0.6) is 5.75 Å². The Hall–Kier alpha value is -2.59. The summed E-state index contributed by atoms with van der Waals surface area (Å²) < 4.78 is 5.15. The van der Waals surface area contributed by atoms with Crippen LogP contribution in [0.15, 0.2) is 66.0 Å². The topological polar surface area (TPSA) is 38.3 Å². The summed E-state index contributed by atoms with van der Waals surface area (Å²) in [7, 11) is 1.64. The lowest BCUT2D eigenvalue weighted by Gasteiger charge is -2.02. The summed E-state index contributed by atoms with van der Waals surface area (Å²) in [6, 6.07) is 19.2. The highest BCUT2D eigenvalue weighted by Crippen LogP contribution is 2.27. The van der Waals surface area contributed by atoms with Crippen molar-refractivity contribution >= 4 is 22.9 Å². The Bertz CT molecular complexity index is 763. The fourth-order valence-electron chi connectivity index (χ4n) is 2.10. The van der Waals surface area contributed by atoms with Crippen LogP contribution in [0.1, 0.15) is 9.67 Å². The van der Waals surface area contributed by atoms with Gasteiger partial charge in [0.15, 0.2) is 0 Å². The van der Waals surface area contributed by atoms with Crippen molar-refractivity contribution in [2.24, 2.45) is 0 Å². The van der Waals surface area contributed by atoms with Gasteiger partial charge < -0.3 is 10.1 Å². The van der Waals surface area contributed by atoms with Crippen LogP contribution < -0.4 is 10.1 Å². The van der Waals surface area contributed by atoms with E-state index in [1.54, 1.807) is 7.11 Å². The lowest BCUT2D eigenvalue weighted by atomic mass is 10.1. The molecule has 1 aromatic heterocycles. The van der Waals surface area contributed by atoms with E-state index in [4.69, 9.17) is 4.74 Å². The average molecular weight is 309 g/mol. The molecule has 110 valence electrons. The zero-order chi connectivity index (χ0) is 15.4. The first-order valence-corrected chi connectivity index (χ1v) is 7.73. The van der Waals surface area contributed by atoms with Crippen molar-refractivity contribution in [1.82, 2.24) is 0 Å². The number of carbonyl (C=O) groups is 1. The molecule has 0 fully saturated rings. The monoisotopic (exact) mass is 309 g/mol. The van der Waals surface area contributed by atoms with Crippen molar-refractivity contribution < 1.29 is 9.53 Å². The van der Waals surface area contributed by atoms with Crippen LogP contribution in [-0.2, 0) is 0 Å². The molecule has 0 aliphatic carbocycles. The van der Waals surface area contributed by atoms with Crippen LogP contribution in [0.3, 0.4) is 0 Å². The van der Waals surface area contributed by atoms with Gasteiger partial charge in [0.1, 0.15) is 5.75 Å². The molecule has 0 spiro atoms. The Balaban J connectivity index is 1.76. The van der Waals surface area contributed by atoms with Gasteiger partial charge in [-0.25, -0.2) is 0 Å². The fraction of sp³-hybridized carbons (Fsp3) is 0.0556. The van der Waals surface area contributed by atoms with Gasteiger partial charge in [0.25, 0.3) is 5.91 Å². The summed E-state index contributed by atoms with van der Waals surface area (Å²) in [5, 5.41) is 4.88. The first kappa shape index (κ1) is 14.4. The SMILES string of the molecule is COc1ccc(-c2csc(C(=O)Nc3ccccc3)c2)cc1. The van der Waals surface area contributed by atoms with Gasteiger partial charge in [-0.15, -0.1) is 11.3 Å². The molecule has 3 aromatic rings. The van der Waals surface area contributed by atoms with Crippen molar-refractivity contribution in [1.29, 1.82) is 0 Å². The molecule has 1 amide bonds. The number of thiophene rings is 1. The summed E-state index contributed by atoms with van der Waals surface area (Å²) in [6.07, 6.45) is 0. The van der Waals surface area contributed by atoms with E-state index >= 15 is 0 Å². The molecule has 0 saturated heterocycles. The summed E-state index contributed by atoms with van der Waals surface area (Å²) in [6.45, 7) is 0.